The number of hydrogen-bond donors (Lipinski definition) is 0. The van der Waals surface area contributed by atoms with Gasteiger partial charge in [-0.3, -0.25) is 0 Å². The monoisotopic (exact) mass is 703 g/mol. The van der Waals surface area contributed by atoms with Crippen LogP contribution in [-0.4, -0.2) is 4.57 Å². The van der Waals surface area contributed by atoms with Gasteiger partial charge in [-0.1, -0.05) is 179 Å². The first-order valence-corrected chi connectivity index (χ1v) is 19.5. The lowest BCUT2D eigenvalue weighted by Gasteiger charge is -2.24. The highest BCUT2D eigenvalue weighted by Crippen LogP contribution is 2.54. The summed E-state index contributed by atoms with van der Waals surface area (Å²) in [7, 11) is 0. The topological polar surface area (TPSA) is 4.93 Å². The van der Waals surface area contributed by atoms with Gasteiger partial charge in [0.05, 0.1) is 11.0 Å². The largest absolute Gasteiger partial charge is 0.309 e. The van der Waals surface area contributed by atoms with Crippen molar-refractivity contribution in [2.24, 2.45) is 0 Å². The molecule has 2 aliphatic carbocycles. The van der Waals surface area contributed by atoms with Gasteiger partial charge in [-0.05, 0) is 102 Å². The minimum Gasteiger partial charge on any atom is -0.309 e. The van der Waals surface area contributed by atoms with Gasteiger partial charge in [0.1, 0.15) is 0 Å². The molecule has 55 heavy (non-hydrogen) atoms. The molecule has 1 heterocycles. The summed E-state index contributed by atoms with van der Waals surface area (Å²) in [6.45, 7) is 9.53. The van der Waals surface area contributed by atoms with Gasteiger partial charge in [0.15, 0.2) is 0 Å². The van der Waals surface area contributed by atoms with Crippen LogP contribution in [0.1, 0.15) is 49.9 Å². The Morgan fingerprint density at radius 2 is 0.727 bits per heavy atom. The summed E-state index contributed by atoms with van der Waals surface area (Å²) in [5.74, 6) is 0. The lowest BCUT2D eigenvalue weighted by molar-refractivity contribution is 0.662. The molecule has 8 aromatic carbocycles. The molecule has 0 bridgehead atoms. The van der Waals surface area contributed by atoms with Crippen molar-refractivity contribution in [3.8, 4) is 61.3 Å². The first-order chi connectivity index (χ1) is 26.8. The molecular weight excluding hydrogens is 663 g/mol. The fraction of sp³-hybridized carbons (Fsp3) is 0.111. The highest BCUT2D eigenvalue weighted by atomic mass is 15.0. The molecule has 1 aromatic heterocycles. The summed E-state index contributed by atoms with van der Waals surface area (Å²) in [5, 5.41) is 2.53. The molecule has 1 heteroatoms. The molecular formula is C54H41N. The SMILES string of the molecule is CC1(C)c2ccccc2-c2cccc(-c3ccc4c5ccc(-c6cccc7c6C(C)(C)c6ccccc6-7)cc5n(-c5ccc(-c6ccccc6)cc5)c4c3)c21. The van der Waals surface area contributed by atoms with Crippen LogP contribution in [0.5, 0.6) is 0 Å². The molecule has 262 valence electrons. The predicted octanol–water partition coefficient (Wildman–Crippen LogP) is 14.4. The van der Waals surface area contributed by atoms with Crippen molar-refractivity contribution in [1.29, 1.82) is 0 Å². The van der Waals surface area contributed by atoms with Crippen LogP contribution in [0.3, 0.4) is 0 Å². The van der Waals surface area contributed by atoms with E-state index in [1.54, 1.807) is 0 Å². The summed E-state index contributed by atoms with van der Waals surface area (Å²) in [6, 6.07) is 65.7. The average Bonchev–Trinajstić information content (AvgIpc) is 3.77. The molecule has 0 N–H and O–H groups in total. The van der Waals surface area contributed by atoms with E-state index in [-0.39, 0.29) is 10.8 Å². The van der Waals surface area contributed by atoms with E-state index in [0.29, 0.717) is 0 Å². The van der Waals surface area contributed by atoms with E-state index in [2.05, 4.69) is 208 Å². The van der Waals surface area contributed by atoms with Crippen LogP contribution >= 0.6 is 0 Å². The third-order valence-electron chi connectivity index (χ3n) is 12.8. The molecule has 11 rings (SSSR count). The van der Waals surface area contributed by atoms with Gasteiger partial charge in [-0.2, -0.15) is 0 Å². The quantitative estimate of drug-likeness (QED) is 0.172. The lowest BCUT2D eigenvalue weighted by atomic mass is 9.78. The Hall–Kier alpha value is -6.44. The Morgan fingerprint density at radius 1 is 0.327 bits per heavy atom. The molecule has 0 spiro atoms. The van der Waals surface area contributed by atoms with Crippen molar-refractivity contribution >= 4 is 21.8 Å². The van der Waals surface area contributed by atoms with E-state index in [4.69, 9.17) is 0 Å². The molecule has 1 nitrogen and oxygen atoms in total. The first-order valence-electron chi connectivity index (χ1n) is 19.5. The Balaban J connectivity index is 1.14. The van der Waals surface area contributed by atoms with Crippen molar-refractivity contribution in [1.82, 2.24) is 4.57 Å². The second kappa shape index (κ2) is 11.5. The van der Waals surface area contributed by atoms with E-state index in [0.717, 1.165) is 5.69 Å². The van der Waals surface area contributed by atoms with Crippen LogP contribution in [0.15, 0.2) is 176 Å². The maximum atomic E-state index is 2.50. The Morgan fingerprint density at radius 3 is 1.24 bits per heavy atom. The van der Waals surface area contributed by atoms with Crippen molar-refractivity contribution < 1.29 is 0 Å². The molecule has 0 atom stereocenters. The van der Waals surface area contributed by atoms with Gasteiger partial charge >= 0.3 is 0 Å². The van der Waals surface area contributed by atoms with E-state index in [1.807, 2.05) is 0 Å². The molecule has 0 fully saturated rings. The third kappa shape index (κ3) is 4.53. The number of hydrogen-bond acceptors (Lipinski definition) is 0. The summed E-state index contributed by atoms with van der Waals surface area (Å²) in [6.07, 6.45) is 0. The molecule has 9 aromatic rings. The second-order valence-electron chi connectivity index (χ2n) is 16.5. The number of benzene rings is 8. The number of aromatic nitrogens is 1. The summed E-state index contributed by atoms with van der Waals surface area (Å²) < 4.78 is 2.50. The maximum absolute atomic E-state index is 2.50. The molecule has 0 saturated heterocycles. The molecule has 2 aliphatic rings. The Bertz CT molecular complexity index is 2840. The molecule has 0 aliphatic heterocycles. The molecule has 0 unspecified atom stereocenters. The van der Waals surface area contributed by atoms with Crippen LogP contribution in [0, 0.1) is 0 Å². The first kappa shape index (κ1) is 32.0. The normalized spacial score (nSPS) is 14.5. The maximum Gasteiger partial charge on any atom is 0.0547 e. The van der Waals surface area contributed by atoms with Gasteiger partial charge in [-0.25, -0.2) is 0 Å². The van der Waals surface area contributed by atoms with Gasteiger partial charge in [0, 0.05) is 27.3 Å². The second-order valence-corrected chi connectivity index (χ2v) is 16.5. The van der Waals surface area contributed by atoms with Crippen LogP contribution in [0.4, 0.5) is 0 Å². The van der Waals surface area contributed by atoms with Gasteiger partial charge < -0.3 is 4.57 Å². The number of rotatable bonds is 4. The fourth-order valence-electron chi connectivity index (χ4n) is 10.2. The molecule has 0 radical (unpaired) electrons. The van der Waals surface area contributed by atoms with E-state index in [1.165, 1.54) is 99.7 Å². The number of nitrogens with zero attached hydrogens (tertiary/aromatic N) is 1. The van der Waals surface area contributed by atoms with E-state index < -0.39 is 0 Å². The van der Waals surface area contributed by atoms with Gasteiger partial charge in [-0.15, -0.1) is 0 Å². The standard InChI is InChI=1S/C54H41N/c1-53(2)47-22-10-8-16-41(47)45-20-12-18-39(51(45)53)36-26-30-43-44-31-27-37(40-19-13-21-46-42-17-9-11-23-48(42)54(3,4)52(40)46)33-50(44)55(49(43)32-36)38-28-24-35(25-29-38)34-14-6-5-7-15-34/h5-33H,1-4H3. The summed E-state index contributed by atoms with van der Waals surface area (Å²) in [5.41, 5.74) is 22.0. The van der Waals surface area contributed by atoms with Crippen molar-refractivity contribution in [3.05, 3.63) is 198 Å². The van der Waals surface area contributed by atoms with Crippen LogP contribution < -0.4 is 0 Å². The zero-order valence-corrected chi connectivity index (χ0v) is 31.7. The highest BCUT2D eigenvalue weighted by Gasteiger charge is 2.38. The van der Waals surface area contributed by atoms with Gasteiger partial charge in [0.2, 0.25) is 0 Å². The predicted molar refractivity (Wildman–Crippen MR) is 232 cm³/mol. The smallest absolute Gasteiger partial charge is 0.0547 e. The highest BCUT2D eigenvalue weighted by molar-refractivity contribution is 6.11. The Kier molecular flexibility index (Phi) is 6.72. The molecule has 0 amide bonds. The zero-order valence-electron chi connectivity index (χ0n) is 31.7. The van der Waals surface area contributed by atoms with E-state index in [9.17, 15) is 0 Å². The van der Waals surface area contributed by atoms with Gasteiger partial charge in [0.25, 0.3) is 0 Å². The molecule has 0 saturated carbocycles. The minimum atomic E-state index is -0.101. The Labute approximate surface area is 323 Å². The van der Waals surface area contributed by atoms with Crippen LogP contribution in [-0.2, 0) is 10.8 Å². The van der Waals surface area contributed by atoms with Crippen molar-refractivity contribution in [2.45, 2.75) is 38.5 Å². The number of fused-ring (bicyclic) bond motifs is 9. The van der Waals surface area contributed by atoms with Crippen molar-refractivity contribution in [3.63, 3.8) is 0 Å². The van der Waals surface area contributed by atoms with Crippen molar-refractivity contribution in [2.75, 3.05) is 0 Å². The van der Waals surface area contributed by atoms with Crippen LogP contribution in [0.25, 0.3) is 83.1 Å². The van der Waals surface area contributed by atoms with E-state index >= 15 is 0 Å². The summed E-state index contributed by atoms with van der Waals surface area (Å²) >= 11 is 0. The average molecular weight is 704 g/mol. The fourth-order valence-corrected chi connectivity index (χ4v) is 10.2. The minimum absolute atomic E-state index is 0.101. The lowest BCUT2D eigenvalue weighted by Crippen LogP contribution is -2.16. The zero-order chi connectivity index (χ0) is 37.1. The van der Waals surface area contributed by atoms with Crippen LogP contribution in [0.2, 0.25) is 0 Å². The third-order valence-corrected chi connectivity index (χ3v) is 12.8. The summed E-state index contributed by atoms with van der Waals surface area (Å²) in [4.78, 5) is 0.